The smallest absolute Gasteiger partial charge is 0.191 e. The van der Waals surface area contributed by atoms with E-state index in [2.05, 4.69) is 24.5 Å². The first-order valence-electron chi connectivity index (χ1n) is 9.88. The molecule has 0 saturated heterocycles. The van der Waals surface area contributed by atoms with Gasteiger partial charge in [0.15, 0.2) is 5.96 Å². The quantitative estimate of drug-likeness (QED) is 0.263. The van der Waals surface area contributed by atoms with Crippen LogP contribution in [-0.4, -0.2) is 37.3 Å². The number of nitrogens with one attached hydrogen (secondary N) is 2. The first kappa shape index (κ1) is 24.1. The first-order valence-corrected chi connectivity index (χ1v) is 9.88. The summed E-state index contributed by atoms with van der Waals surface area (Å²) in [5.74, 6) is 1.67. The van der Waals surface area contributed by atoms with E-state index in [1.807, 2.05) is 19.1 Å². The fourth-order valence-electron chi connectivity index (χ4n) is 3.52. The molecule has 1 aromatic rings. The highest BCUT2D eigenvalue weighted by Crippen LogP contribution is 2.49. The van der Waals surface area contributed by atoms with Gasteiger partial charge in [0.1, 0.15) is 5.82 Å². The van der Waals surface area contributed by atoms with E-state index in [9.17, 15) is 9.50 Å². The largest absolute Gasteiger partial charge is 0.396 e. The summed E-state index contributed by atoms with van der Waals surface area (Å²) in [6, 6.07) is 7.06. The molecule has 6 heteroatoms. The maximum absolute atomic E-state index is 14.2. The van der Waals surface area contributed by atoms with E-state index in [0.29, 0.717) is 18.4 Å². The summed E-state index contributed by atoms with van der Waals surface area (Å²) in [7, 11) is 0. The van der Waals surface area contributed by atoms with Gasteiger partial charge in [0.25, 0.3) is 0 Å². The van der Waals surface area contributed by atoms with Crippen LogP contribution in [0.3, 0.4) is 0 Å². The van der Waals surface area contributed by atoms with Crippen molar-refractivity contribution in [1.29, 1.82) is 0 Å². The lowest BCUT2D eigenvalue weighted by atomic mass is 9.94. The van der Waals surface area contributed by atoms with Crippen molar-refractivity contribution in [2.24, 2.45) is 16.8 Å². The standard InChI is InChI=1S/C21H34FN3O.HI/c1-4-23-20(24-14-17(9-12-26)13-16(2)3)25-15-21(10-11-21)18-7-5-6-8-19(18)22;/h5-8,16-17,26H,4,9-15H2,1-3H3,(H2,23,24,25);1H. The average Bonchev–Trinajstić information content (AvgIpc) is 3.38. The summed E-state index contributed by atoms with van der Waals surface area (Å²) >= 11 is 0. The topological polar surface area (TPSA) is 56.7 Å². The molecule has 1 unspecified atom stereocenters. The molecule has 0 aliphatic heterocycles. The molecular weight excluding hydrogens is 456 g/mol. The molecule has 0 spiro atoms. The van der Waals surface area contributed by atoms with Crippen LogP contribution in [-0.2, 0) is 5.41 Å². The van der Waals surface area contributed by atoms with Gasteiger partial charge in [0.2, 0.25) is 0 Å². The third-order valence-corrected chi connectivity index (χ3v) is 5.08. The summed E-state index contributed by atoms with van der Waals surface area (Å²) in [5, 5.41) is 16.0. The molecule has 0 amide bonds. The molecule has 1 atom stereocenters. The zero-order chi connectivity index (χ0) is 19.0. The zero-order valence-corrected chi connectivity index (χ0v) is 19.1. The molecule has 2 rings (SSSR count). The molecule has 1 fully saturated rings. The highest BCUT2D eigenvalue weighted by molar-refractivity contribution is 14.0. The lowest BCUT2D eigenvalue weighted by molar-refractivity contribution is 0.243. The van der Waals surface area contributed by atoms with E-state index in [1.54, 1.807) is 6.07 Å². The van der Waals surface area contributed by atoms with Gasteiger partial charge >= 0.3 is 0 Å². The second kappa shape index (κ2) is 11.8. The minimum absolute atomic E-state index is 0. The number of guanidine groups is 1. The van der Waals surface area contributed by atoms with Gasteiger partial charge < -0.3 is 15.7 Å². The second-order valence-corrected chi connectivity index (χ2v) is 7.84. The van der Waals surface area contributed by atoms with E-state index >= 15 is 0 Å². The number of benzene rings is 1. The Balaban J connectivity index is 0.00000364. The van der Waals surface area contributed by atoms with Gasteiger partial charge in [0.05, 0.1) is 6.54 Å². The summed E-state index contributed by atoms with van der Waals surface area (Å²) in [4.78, 5) is 4.74. The van der Waals surface area contributed by atoms with Crippen molar-refractivity contribution < 1.29 is 9.50 Å². The number of aliphatic hydroxyl groups excluding tert-OH is 1. The molecule has 0 bridgehead atoms. The lowest BCUT2D eigenvalue weighted by Crippen LogP contribution is -2.40. The Hall–Kier alpha value is -0.890. The van der Waals surface area contributed by atoms with Gasteiger partial charge in [-0.15, -0.1) is 24.0 Å². The van der Waals surface area contributed by atoms with Crippen LogP contribution < -0.4 is 10.6 Å². The van der Waals surface area contributed by atoms with E-state index in [4.69, 9.17) is 4.99 Å². The van der Waals surface area contributed by atoms with Crippen molar-refractivity contribution >= 4 is 29.9 Å². The van der Waals surface area contributed by atoms with Crippen LogP contribution in [0.25, 0.3) is 0 Å². The van der Waals surface area contributed by atoms with Crippen LogP contribution in [0.1, 0.15) is 52.0 Å². The van der Waals surface area contributed by atoms with Gasteiger partial charge in [-0.2, -0.15) is 0 Å². The highest BCUT2D eigenvalue weighted by Gasteiger charge is 2.45. The van der Waals surface area contributed by atoms with Crippen molar-refractivity contribution in [1.82, 2.24) is 10.6 Å². The number of rotatable bonds is 10. The number of hydrogen-bond donors (Lipinski definition) is 3. The van der Waals surface area contributed by atoms with E-state index in [-0.39, 0.29) is 41.8 Å². The number of aliphatic hydroxyl groups is 1. The average molecular weight is 491 g/mol. The number of halogens is 2. The van der Waals surface area contributed by atoms with Gasteiger partial charge in [-0.1, -0.05) is 32.0 Å². The van der Waals surface area contributed by atoms with E-state index < -0.39 is 0 Å². The Bertz CT molecular complexity index is 591. The normalized spacial score (nSPS) is 16.6. The fourth-order valence-corrected chi connectivity index (χ4v) is 3.52. The molecule has 1 saturated carbocycles. The van der Waals surface area contributed by atoms with Crippen LogP contribution >= 0.6 is 24.0 Å². The molecule has 1 aromatic carbocycles. The fraction of sp³-hybridized carbons (Fsp3) is 0.667. The van der Waals surface area contributed by atoms with Crippen molar-refractivity contribution in [2.75, 3.05) is 26.2 Å². The van der Waals surface area contributed by atoms with E-state index in [1.165, 1.54) is 6.07 Å². The molecule has 27 heavy (non-hydrogen) atoms. The van der Waals surface area contributed by atoms with E-state index in [0.717, 1.165) is 50.3 Å². The Kier molecular flexibility index (Phi) is 10.6. The van der Waals surface area contributed by atoms with Gasteiger partial charge in [-0.05, 0) is 56.1 Å². The Morgan fingerprint density at radius 3 is 2.52 bits per heavy atom. The van der Waals surface area contributed by atoms with Crippen molar-refractivity contribution in [2.45, 2.75) is 51.9 Å². The zero-order valence-electron chi connectivity index (χ0n) is 16.8. The highest BCUT2D eigenvalue weighted by atomic mass is 127. The molecule has 0 heterocycles. The van der Waals surface area contributed by atoms with Crippen molar-refractivity contribution in [3.05, 3.63) is 35.6 Å². The molecule has 154 valence electrons. The first-order chi connectivity index (χ1) is 12.5. The van der Waals surface area contributed by atoms with Crippen molar-refractivity contribution in [3.63, 3.8) is 0 Å². The number of aliphatic imine (C=N–C) groups is 1. The van der Waals surface area contributed by atoms with Crippen LogP contribution in [0.2, 0.25) is 0 Å². The predicted octanol–water partition coefficient (Wildman–Crippen LogP) is 4.08. The number of hydrogen-bond acceptors (Lipinski definition) is 2. The Labute approximate surface area is 180 Å². The summed E-state index contributed by atoms with van der Waals surface area (Å²) in [6.07, 6.45) is 3.84. The molecule has 0 aromatic heterocycles. The lowest BCUT2D eigenvalue weighted by Gasteiger charge is -2.21. The summed E-state index contributed by atoms with van der Waals surface area (Å²) in [6.45, 7) is 8.83. The summed E-state index contributed by atoms with van der Waals surface area (Å²) < 4.78 is 14.2. The monoisotopic (exact) mass is 491 g/mol. The Morgan fingerprint density at radius 2 is 1.96 bits per heavy atom. The maximum atomic E-state index is 14.2. The molecule has 0 radical (unpaired) electrons. The molecule has 4 nitrogen and oxygen atoms in total. The molecular formula is C21H35FIN3O. The molecule has 1 aliphatic rings. The van der Waals surface area contributed by atoms with Gasteiger partial charge in [-0.3, -0.25) is 4.99 Å². The van der Waals surface area contributed by atoms with Gasteiger partial charge in [0, 0.05) is 25.1 Å². The summed E-state index contributed by atoms with van der Waals surface area (Å²) in [5.41, 5.74) is 0.647. The molecule has 1 aliphatic carbocycles. The minimum Gasteiger partial charge on any atom is -0.396 e. The van der Waals surface area contributed by atoms with Crippen LogP contribution in [0.15, 0.2) is 29.3 Å². The SMILES string of the molecule is CCNC(=NCC1(c2ccccc2F)CC1)NCC(CCO)CC(C)C.I. The molecule has 3 N–H and O–H groups in total. The minimum atomic E-state index is -0.143. The Morgan fingerprint density at radius 1 is 1.26 bits per heavy atom. The van der Waals surface area contributed by atoms with Crippen LogP contribution in [0, 0.1) is 17.7 Å². The van der Waals surface area contributed by atoms with Crippen LogP contribution in [0.5, 0.6) is 0 Å². The third kappa shape index (κ3) is 7.56. The number of nitrogens with zero attached hydrogens (tertiary/aromatic N) is 1. The second-order valence-electron chi connectivity index (χ2n) is 7.84. The maximum Gasteiger partial charge on any atom is 0.191 e. The predicted molar refractivity (Wildman–Crippen MR) is 121 cm³/mol. The van der Waals surface area contributed by atoms with Crippen LogP contribution in [0.4, 0.5) is 4.39 Å². The third-order valence-electron chi connectivity index (χ3n) is 5.08. The van der Waals surface area contributed by atoms with Gasteiger partial charge in [-0.25, -0.2) is 4.39 Å². The van der Waals surface area contributed by atoms with Crippen molar-refractivity contribution in [3.8, 4) is 0 Å².